The van der Waals surface area contributed by atoms with Gasteiger partial charge in [0.25, 0.3) is 5.62 Å². The molecule has 14 heteroatoms. The average Bonchev–Trinajstić information content (AvgIpc) is 3.37. The Balaban J connectivity index is 1.64. The van der Waals surface area contributed by atoms with E-state index in [2.05, 4.69) is 35.3 Å². The number of imidazole rings is 1. The number of nitrogens with zero attached hydrogens (tertiary/aromatic N) is 5. The van der Waals surface area contributed by atoms with Crippen molar-refractivity contribution in [2.45, 2.75) is 25.1 Å². The number of fused-ring (bicyclic) bond motifs is 1. The van der Waals surface area contributed by atoms with E-state index in [1.807, 2.05) is 0 Å². The van der Waals surface area contributed by atoms with Gasteiger partial charge in [0.2, 0.25) is 11.8 Å². The van der Waals surface area contributed by atoms with Crippen LogP contribution in [-0.4, -0.2) is 40.7 Å². The number of aromatic amines is 2. The first-order chi connectivity index (χ1) is 15.7. The molecule has 0 aliphatic heterocycles. The summed E-state index contributed by atoms with van der Waals surface area (Å²) in [6.45, 7) is 0. The van der Waals surface area contributed by atoms with Gasteiger partial charge in [-0.3, -0.25) is 4.98 Å². The Morgan fingerprint density at radius 1 is 1.27 bits per heavy atom. The molecule has 10 nitrogen and oxygen atoms in total. The van der Waals surface area contributed by atoms with Gasteiger partial charge in [0.05, 0.1) is 22.8 Å². The molecule has 1 aromatic carbocycles. The zero-order valence-corrected chi connectivity index (χ0v) is 17.2. The number of rotatable bonds is 4. The lowest BCUT2D eigenvalue weighted by molar-refractivity contribution is -0.137. The fourth-order valence-electron chi connectivity index (χ4n) is 3.09. The van der Waals surface area contributed by atoms with Crippen molar-refractivity contribution < 1.29 is 18.3 Å². The normalized spacial score (nSPS) is 15.5. The molecule has 4 N–H and O–H groups in total. The summed E-state index contributed by atoms with van der Waals surface area (Å²) in [7, 11) is 0. The Kier molecular flexibility index (Phi) is 4.85. The molecule has 1 fully saturated rings. The number of aromatic hydroxyl groups is 1. The van der Waals surface area contributed by atoms with E-state index >= 15 is 0 Å². The van der Waals surface area contributed by atoms with Crippen LogP contribution in [0.2, 0.25) is 5.02 Å². The SMILES string of the molecule is O=c1[nH]c(O)c(C=c2cnn3c(=NC4CC4)nc(Nc4ccc(Cl)c(C(F)(F)F)c4)nc23)[nH]1. The highest BCUT2D eigenvalue weighted by atomic mass is 35.5. The first-order valence-electron chi connectivity index (χ1n) is 9.64. The van der Waals surface area contributed by atoms with E-state index in [0.717, 1.165) is 25.0 Å². The van der Waals surface area contributed by atoms with Gasteiger partial charge < -0.3 is 15.4 Å². The van der Waals surface area contributed by atoms with Crippen molar-refractivity contribution >= 4 is 35.0 Å². The minimum absolute atomic E-state index is 0.0146. The Morgan fingerprint density at radius 2 is 2.06 bits per heavy atom. The van der Waals surface area contributed by atoms with Gasteiger partial charge in [0.15, 0.2) is 5.65 Å². The summed E-state index contributed by atoms with van der Waals surface area (Å²) in [6, 6.07) is 3.43. The Bertz CT molecular complexity index is 1550. The highest BCUT2D eigenvalue weighted by Gasteiger charge is 2.33. The smallest absolute Gasteiger partial charge is 0.417 e. The lowest BCUT2D eigenvalue weighted by atomic mass is 10.2. The Morgan fingerprint density at radius 3 is 2.73 bits per heavy atom. The Hall–Kier alpha value is -3.87. The van der Waals surface area contributed by atoms with Crippen molar-refractivity contribution in [3.8, 4) is 5.88 Å². The number of alkyl halides is 3. The van der Waals surface area contributed by atoms with Gasteiger partial charge in [0.1, 0.15) is 5.69 Å². The minimum Gasteiger partial charge on any atom is -0.493 e. The molecule has 0 atom stereocenters. The van der Waals surface area contributed by atoms with Crippen molar-refractivity contribution in [2.24, 2.45) is 4.99 Å². The van der Waals surface area contributed by atoms with Gasteiger partial charge in [0, 0.05) is 10.9 Å². The Labute approximate surface area is 186 Å². The third kappa shape index (κ3) is 4.26. The molecule has 1 saturated carbocycles. The molecule has 3 aromatic heterocycles. The highest BCUT2D eigenvalue weighted by Crippen LogP contribution is 2.36. The molecular formula is C19H14ClF3N8O2. The molecule has 1 aliphatic carbocycles. The number of benzene rings is 1. The molecule has 4 aromatic rings. The zero-order valence-electron chi connectivity index (χ0n) is 16.5. The van der Waals surface area contributed by atoms with Crippen LogP contribution in [0.25, 0.3) is 11.7 Å². The second-order valence-electron chi connectivity index (χ2n) is 7.35. The molecule has 1 aliphatic rings. The molecule has 0 amide bonds. The van der Waals surface area contributed by atoms with E-state index in [1.165, 1.54) is 22.9 Å². The molecule has 0 radical (unpaired) electrons. The summed E-state index contributed by atoms with van der Waals surface area (Å²) >= 11 is 5.69. The van der Waals surface area contributed by atoms with Gasteiger partial charge in [-0.05, 0) is 37.1 Å². The van der Waals surface area contributed by atoms with Crippen LogP contribution in [0.1, 0.15) is 24.1 Å². The van der Waals surface area contributed by atoms with Gasteiger partial charge in [-0.15, -0.1) is 0 Å². The summed E-state index contributed by atoms with van der Waals surface area (Å²) in [4.78, 5) is 29.2. The molecule has 0 unspecified atom stereocenters. The molecule has 0 bridgehead atoms. The predicted octanol–water partition coefficient (Wildman–Crippen LogP) is 1.87. The lowest BCUT2D eigenvalue weighted by Gasteiger charge is -2.11. The fraction of sp³-hybridized carbons (Fsp3) is 0.211. The fourth-order valence-corrected chi connectivity index (χ4v) is 3.31. The first-order valence-corrected chi connectivity index (χ1v) is 10.0. The van der Waals surface area contributed by atoms with Crippen LogP contribution < -0.4 is 21.8 Å². The zero-order chi connectivity index (χ0) is 23.3. The maximum absolute atomic E-state index is 13.2. The summed E-state index contributed by atoms with van der Waals surface area (Å²) in [5.74, 6) is -0.380. The quantitative estimate of drug-likeness (QED) is 0.353. The minimum atomic E-state index is -4.63. The van der Waals surface area contributed by atoms with Crippen LogP contribution in [0.15, 0.2) is 34.2 Å². The van der Waals surface area contributed by atoms with E-state index in [4.69, 9.17) is 11.6 Å². The summed E-state index contributed by atoms with van der Waals surface area (Å²) in [6.07, 6.45) is 0.0269. The second-order valence-corrected chi connectivity index (χ2v) is 7.75. The third-order valence-electron chi connectivity index (χ3n) is 4.79. The van der Waals surface area contributed by atoms with Crippen LogP contribution in [0.3, 0.4) is 0 Å². The molecule has 5 rings (SSSR count). The topological polar surface area (TPSA) is 136 Å². The van der Waals surface area contributed by atoms with Gasteiger partial charge >= 0.3 is 11.9 Å². The molecule has 3 heterocycles. The van der Waals surface area contributed by atoms with Gasteiger partial charge in [-0.1, -0.05) is 11.6 Å². The number of halogens is 4. The second kappa shape index (κ2) is 7.62. The number of H-pyrrole nitrogens is 2. The monoisotopic (exact) mass is 478 g/mol. The number of hydrogen-bond acceptors (Lipinski definition) is 7. The third-order valence-corrected chi connectivity index (χ3v) is 5.12. The van der Waals surface area contributed by atoms with Gasteiger partial charge in [-0.25, -0.2) is 9.79 Å². The van der Waals surface area contributed by atoms with E-state index in [1.54, 1.807) is 0 Å². The van der Waals surface area contributed by atoms with Crippen LogP contribution in [-0.2, 0) is 6.18 Å². The number of aromatic nitrogens is 6. The van der Waals surface area contributed by atoms with Crippen LogP contribution in [0.5, 0.6) is 5.88 Å². The lowest BCUT2D eigenvalue weighted by Crippen LogP contribution is -2.24. The van der Waals surface area contributed by atoms with Gasteiger partial charge in [-0.2, -0.15) is 32.8 Å². The van der Waals surface area contributed by atoms with Crippen LogP contribution in [0, 0.1) is 0 Å². The van der Waals surface area contributed by atoms with Crippen molar-refractivity contribution in [3.05, 3.63) is 62.0 Å². The summed E-state index contributed by atoms with van der Waals surface area (Å²) < 4.78 is 41.0. The molecular weight excluding hydrogens is 465 g/mol. The van der Waals surface area contributed by atoms with Crippen LogP contribution >= 0.6 is 11.6 Å². The number of hydrogen-bond donors (Lipinski definition) is 4. The molecule has 0 spiro atoms. The van der Waals surface area contributed by atoms with Crippen LogP contribution in [0.4, 0.5) is 24.8 Å². The molecule has 0 saturated heterocycles. The molecule has 33 heavy (non-hydrogen) atoms. The first kappa shape index (κ1) is 21.0. The maximum Gasteiger partial charge on any atom is 0.417 e. The predicted molar refractivity (Wildman–Crippen MR) is 111 cm³/mol. The van der Waals surface area contributed by atoms with E-state index in [-0.39, 0.29) is 40.5 Å². The van der Waals surface area contributed by atoms with Crippen molar-refractivity contribution in [1.29, 1.82) is 0 Å². The van der Waals surface area contributed by atoms with Crippen molar-refractivity contribution in [2.75, 3.05) is 5.32 Å². The van der Waals surface area contributed by atoms with E-state index < -0.39 is 22.5 Å². The number of nitrogens with one attached hydrogen (secondary N) is 3. The standard InChI is InChI=1S/C19H14ClF3N8O2/c20-12-4-3-10(6-11(12)19(21,22)23)25-16-28-14-8(5-13-15(32)29-18(33)27-13)7-24-31(14)17(30-16)26-9-1-2-9/h3-7,9,32H,1-2H2,(H,25,26,30)(H2,27,29,33). The van der Waals surface area contributed by atoms with E-state index in [9.17, 15) is 23.1 Å². The van der Waals surface area contributed by atoms with Crippen molar-refractivity contribution in [1.82, 2.24) is 29.5 Å². The van der Waals surface area contributed by atoms with Crippen molar-refractivity contribution in [3.63, 3.8) is 0 Å². The average molecular weight is 479 g/mol. The summed E-state index contributed by atoms with van der Waals surface area (Å²) in [5.41, 5.74) is -0.939. The number of anilines is 2. The van der Waals surface area contributed by atoms with E-state index in [0.29, 0.717) is 5.22 Å². The summed E-state index contributed by atoms with van der Waals surface area (Å²) in [5, 5.41) is 16.8. The largest absolute Gasteiger partial charge is 0.493 e. The molecule has 170 valence electrons. The highest BCUT2D eigenvalue weighted by molar-refractivity contribution is 6.31. The maximum atomic E-state index is 13.2.